The predicted molar refractivity (Wildman–Crippen MR) is 146 cm³/mol. The zero-order valence-electron chi connectivity index (χ0n) is 20.6. The van der Waals surface area contributed by atoms with Crippen molar-refractivity contribution < 1.29 is 15.2 Å². The first-order valence-corrected chi connectivity index (χ1v) is 10.7. The van der Waals surface area contributed by atoms with Crippen molar-refractivity contribution in [2.24, 2.45) is 42.9 Å². The third-order valence-electron chi connectivity index (χ3n) is 5.47. The normalized spacial score (nSPS) is 18.3. The molecule has 0 fully saturated rings. The fraction of sp³-hybridized carbons (Fsp3) is 0.364. The Balaban J connectivity index is 0.00000228. The van der Waals surface area contributed by atoms with E-state index in [0.29, 0.717) is 0 Å². The summed E-state index contributed by atoms with van der Waals surface area (Å²) in [5.74, 6) is 0.470. The average Bonchev–Trinajstić information content (AvgIpc) is 2.71. The van der Waals surface area contributed by atoms with E-state index in [0.717, 1.165) is 21.9 Å². The molecule has 0 atom stereocenters. The van der Waals surface area contributed by atoms with Gasteiger partial charge >= 0.3 is 0 Å². The first-order valence-electron chi connectivity index (χ1n) is 10.7. The van der Waals surface area contributed by atoms with E-state index < -0.39 is 11.3 Å². The lowest BCUT2D eigenvalue weighted by Gasteiger charge is -2.37. The summed E-state index contributed by atoms with van der Waals surface area (Å²) in [6.07, 6.45) is 0. The monoisotopic (exact) mass is 564 g/mol. The Hall–Kier alpha value is -3.46. The standard InChI is InChI=1S/C22H30N10O2.BrH.H2O/c1-21(2)29-17(23)27-19(25)31(21)33-11-14-10-9-13-7-5-6-8-15(13)16(14)12-34-32-20(26)28-18(24)30-22(32,3)4;;/h5-10H,11-12H2,1-4H3,(H4,23,25,27,29)(H4,24,26,28,30);1H;1H2. The lowest BCUT2D eigenvalue weighted by molar-refractivity contribution is -0.172. The second kappa shape index (κ2) is 10.7. The number of rotatable bonds is 6. The van der Waals surface area contributed by atoms with Crippen LogP contribution >= 0.6 is 17.0 Å². The number of nitrogens with two attached hydrogens (primary N) is 4. The number of hydroxylamine groups is 4. The number of fused-ring (bicyclic) bond motifs is 1. The van der Waals surface area contributed by atoms with E-state index in [-0.39, 0.29) is 59.5 Å². The highest BCUT2D eigenvalue weighted by Crippen LogP contribution is 2.28. The van der Waals surface area contributed by atoms with Crippen molar-refractivity contribution in [3.05, 3.63) is 47.5 Å². The van der Waals surface area contributed by atoms with E-state index in [1.165, 1.54) is 10.1 Å². The largest absolute Gasteiger partial charge is 0.412 e. The molecular weight excluding hydrogens is 532 g/mol. The van der Waals surface area contributed by atoms with Crippen molar-refractivity contribution in [1.29, 1.82) is 0 Å². The van der Waals surface area contributed by atoms with Gasteiger partial charge < -0.3 is 28.4 Å². The molecule has 2 heterocycles. The molecule has 2 aliphatic heterocycles. The molecule has 13 nitrogen and oxygen atoms in total. The molecule has 10 N–H and O–H groups in total. The van der Waals surface area contributed by atoms with Crippen LogP contribution in [0, 0.1) is 0 Å². The molecule has 0 spiro atoms. The Morgan fingerprint density at radius 1 is 0.750 bits per heavy atom. The van der Waals surface area contributed by atoms with E-state index in [1.807, 2.05) is 64.1 Å². The molecule has 0 radical (unpaired) electrons. The summed E-state index contributed by atoms with van der Waals surface area (Å²) < 4.78 is 0. The molecule has 14 heteroatoms. The molecule has 4 rings (SSSR count). The van der Waals surface area contributed by atoms with E-state index in [9.17, 15) is 0 Å². The van der Waals surface area contributed by atoms with E-state index in [2.05, 4.69) is 20.0 Å². The van der Waals surface area contributed by atoms with Gasteiger partial charge in [-0.1, -0.05) is 36.4 Å². The van der Waals surface area contributed by atoms with Gasteiger partial charge in [0.15, 0.2) is 11.3 Å². The SMILES string of the molecule is Br.CC1(C)N=C(N)N=C(N)N1OCc1ccc2ccccc2c1CON1C(N)=NC(N)=NC1(C)C.O. The van der Waals surface area contributed by atoms with Crippen molar-refractivity contribution in [1.82, 2.24) is 10.1 Å². The van der Waals surface area contributed by atoms with Crippen LogP contribution in [0.15, 0.2) is 56.4 Å². The summed E-state index contributed by atoms with van der Waals surface area (Å²) in [5.41, 5.74) is 23.8. The molecule has 0 aliphatic carbocycles. The van der Waals surface area contributed by atoms with Gasteiger partial charge in [0.2, 0.25) is 23.8 Å². The van der Waals surface area contributed by atoms with Crippen LogP contribution in [-0.2, 0) is 22.9 Å². The number of halogens is 1. The molecule has 0 saturated heterocycles. The molecule has 36 heavy (non-hydrogen) atoms. The Morgan fingerprint density at radius 2 is 1.25 bits per heavy atom. The maximum atomic E-state index is 6.12. The van der Waals surface area contributed by atoms with Crippen molar-refractivity contribution in [2.45, 2.75) is 52.2 Å². The van der Waals surface area contributed by atoms with Gasteiger partial charge in [-0.05, 0) is 49.6 Å². The molecule has 2 aliphatic rings. The van der Waals surface area contributed by atoms with Crippen LogP contribution in [0.3, 0.4) is 0 Å². The fourth-order valence-electron chi connectivity index (χ4n) is 3.99. The molecule has 0 bridgehead atoms. The minimum atomic E-state index is -0.822. The number of aliphatic imine (C=N–C) groups is 4. The number of benzene rings is 2. The lowest BCUT2D eigenvalue weighted by atomic mass is 10.00. The Bertz CT molecular complexity index is 1240. The lowest BCUT2D eigenvalue weighted by Crippen LogP contribution is -2.53. The van der Waals surface area contributed by atoms with Crippen molar-refractivity contribution >= 4 is 51.6 Å². The molecule has 196 valence electrons. The first-order chi connectivity index (χ1) is 16.0. The van der Waals surface area contributed by atoms with Crippen LogP contribution in [0.1, 0.15) is 38.8 Å². The van der Waals surface area contributed by atoms with Crippen LogP contribution < -0.4 is 22.9 Å². The Morgan fingerprint density at radius 3 is 1.78 bits per heavy atom. The molecule has 2 aromatic rings. The summed E-state index contributed by atoms with van der Waals surface area (Å²) in [4.78, 5) is 28.8. The highest BCUT2D eigenvalue weighted by molar-refractivity contribution is 8.93. The highest BCUT2D eigenvalue weighted by atomic mass is 79.9. The van der Waals surface area contributed by atoms with Crippen LogP contribution in [0.4, 0.5) is 0 Å². The Kier molecular flexibility index (Phi) is 8.52. The van der Waals surface area contributed by atoms with Gasteiger partial charge in [0.25, 0.3) is 0 Å². The molecule has 2 aromatic carbocycles. The third kappa shape index (κ3) is 5.67. The van der Waals surface area contributed by atoms with Crippen LogP contribution in [0.5, 0.6) is 0 Å². The summed E-state index contributed by atoms with van der Waals surface area (Å²) >= 11 is 0. The van der Waals surface area contributed by atoms with Gasteiger partial charge in [-0.25, -0.2) is 9.98 Å². The van der Waals surface area contributed by atoms with Crippen molar-refractivity contribution in [2.75, 3.05) is 0 Å². The third-order valence-corrected chi connectivity index (χ3v) is 5.47. The topological polar surface area (TPSA) is 210 Å². The van der Waals surface area contributed by atoms with Crippen LogP contribution in [-0.4, -0.2) is 50.8 Å². The second-order valence-corrected chi connectivity index (χ2v) is 8.93. The molecular formula is C22H33BrN10O3. The summed E-state index contributed by atoms with van der Waals surface area (Å²) in [7, 11) is 0. The summed E-state index contributed by atoms with van der Waals surface area (Å²) in [5, 5.41) is 4.97. The van der Waals surface area contributed by atoms with Gasteiger partial charge in [-0.2, -0.15) is 20.1 Å². The van der Waals surface area contributed by atoms with Gasteiger partial charge in [0.05, 0.1) is 0 Å². The van der Waals surface area contributed by atoms with Gasteiger partial charge in [-0.3, -0.25) is 9.68 Å². The van der Waals surface area contributed by atoms with Gasteiger partial charge in [0, 0.05) is 0 Å². The predicted octanol–water partition coefficient (Wildman–Crippen LogP) is 0.818. The molecule has 0 unspecified atom stereocenters. The van der Waals surface area contributed by atoms with Crippen molar-refractivity contribution in [3.63, 3.8) is 0 Å². The van der Waals surface area contributed by atoms with Gasteiger partial charge in [-0.15, -0.1) is 17.0 Å². The smallest absolute Gasteiger partial charge is 0.226 e. The molecule has 0 aromatic heterocycles. The Labute approximate surface area is 219 Å². The quantitative estimate of drug-likeness (QED) is 0.393. The van der Waals surface area contributed by atoms with E-state index in [1.54, 1.807) is 0 Å². The maximum absolute atomic E-state index is 6.12. The van der Waals surface area contributed by atoms with Gasteiger partial charge in [0.1, 0.15) is 13.2 Å². The second-order valence-electron chi connectivity index (χ2n) is 8.93. The highest BCUT2D eigenvalue weighted by Gasteiger charge is 2.35. The van der Waals surface area contributed by atoms with E-state index >= 15 is 0 Å². The summed E-state index contributed by atoms with van der Waals surface area (Å²) in [6.45, 7) is 7.71. The average molecular weight is 565 g/mol. The summed E-state index contributed by atoms with van der Waals surface area (Å²) in [6, 6.07) is 12.0. The first kappa shape index (κ1) is 28.8. The maximum Gasteiger partial charge on any atom is 0.226 e. The number of hydrogen-bond donors (Lipinski definition) is 4. The zero-order chi connectivity index (χ0) is 24.7. The minimum Gasteiger partial charge on any atom is -0.412 e. The van der Waals surface area contributed by atoms with E-state index in [4.69, 9.17) is 32.6 Å². The fourth-order valence-corrected chi connectivity index (χ4v) is 3.99. The van der Waals surface area contributed by atoms with Crippen molar-refractivity contribution in [3.8, 4) is 0 Å². The minimum absolute atomic E-state index is 0. The van der Waals surface area contributed by atoms with Crippen LogP contribution in [0.25, 0.3) is 10.8 Å². The zero-order valence-corrected chi connectivity index (χ0v) is 22.3. The number of hydrogen-bond acceptors (Lipinski definition) is 12. The number of nitrogens with zero attached hydrogens (tertiary/aromatic N) is 6. The molecule has 0 amide bonds. The van der Waals surface area contributed by atoms with Crippen LogP contribution in [0.2, 0.25) is 0 Å². The molecule has 0 saturated carbocycles. The number of guanidine groups is 4.